The molecule has 2 rings (SSSR count). The number of nitrogens with zero attached hydrogens (tertiary/aromatic N) is 2. The maximum atomic E-state index is 12.7. The van der Waals surface area contributed by atoms with E-state index >= 15 is 0 Å². The van der Waals surface area contributed by atoms with Gasteiger partial charge in [0.25, 0.3) is 0 Å². The first-order valence-corrected chi connectivity index (χ1v) is 6.80. The molecule has 3 nitrogen and oxygen atoms in total. The van der Waals surface area contributed by atoms with Gasteiger partial charge < -0.3 is 0 Å². The van der Waals surface area contributed by atoms with Gasteiger partial charge in [-0.1, -0.05) is 26.7 Å². The second kappa shape index (κ2) is 5.03. The van der Waals surface area contributed by atoms with E-state index in [1.54, 1.807) is 6.20 Å². The van der Waals surface area contributed by atoms with E-state index in [1.807, 2.05) is 10.7 Å². The summed E-state index contributed by atoms with van der Waals surface area (Å²) in [5, 5.41) is 4.26. The van der Waals surface area contributed by atoms with Crippen molar-refractivity contribution in [2.45, 2.75) is 58.9 Å². The molecule has 0 atom stereocenters. The van der Waals surface area contributed by atoms with Crippen LogP contribution in [0.2, 0.25) is 0 Å². The number of Topliss-reactive ketones (excluding diaryl/α,β-unsaturated/α-hetero) is 1. The minimum Gasteiger partial charge on any atom is -0.292 e. The van der Waals surface area contributed by atoms with E-state index in [-0.39, 0.29) is 5.41 Å². The van der Waals surface area contributed by atoms with Gasteiger partial charge in [-0.2, -0.15) is 5.10 Å². The Hall–Kier alpha value is -1.12. The normalized spacial score (nSPS) is 18.5. The molecule has 0 radical (unpaired) electrons. The van der Waals surface area contributed by atoms with Crippen molar-refractivity contribution in [3.8, 4) is 0 Å². The Labute approximate surface area is 103 Å². The van der Waals surface area contributed by atoms with Gasteiger partial charge in [0.1, 0.15) is 5.69 Å². The number of rotatable bonds is 5. The summed E-state index contributed by atoms with van der Waals surface area (Å²) in [5.41, 5.74) is 0.724. The van der Waals surface area contributed by atoms with Crippen molar-refractivity contribution in [2.75, 3.05) is 0 Å². The van der Waals surface area contributed by atoms with Gasteiger partial charge in [-0.15, -0.1) is 0 Å². The van der Waals surface area contributed by atoms with Crippen molar-refractivity contribution in [2.24, 2.45) is 5.41 Å². The molecule has 1 saturated carbocycles. The van der Waals surface area contributed by atoms with Crippen LogP contribution >= 0.6 is 0 Å². The van der Waals surface area contributed by atoms with Crippen LogP contribution in [-0.2, 0) is 6.54 Å². The lowest BCUT2D eigenvalue weighted by atomic mass is 9.78. The molecule has 1 aromatic heterocycles. The van der Waals surface area contributed by atoms with Gasteiger partial charge in [-0.3, -0.25) is 9.48 Å². The molecule has 0 saturated heterocycles. The lowest BCUT2D eigenvalue weighted by molar-refractivity contribution is 0.0779. The highest BCUT2D eigenvalue weighted by molar-refractivity contribution is 5.99. The van der Waals surface area contributed by atoms with Crippen LogP contribution in [0.1, 0.15) is 62.9 Å². The van der Waals surface area contributed by atoms with E-state index < -0.39 is 0 Å². The van der Waals surface area contributed by atoms with Gasteiger partial charge in [0.2, 0.25) is 0 Å². The first kappa shape index (κ1) is 12.3. The molecule has 1 aromatic rings. The van der Waals surface area contributed by atoms with Crippen LogP contribution in [0.15, 0.2) is 12.3 Å². The fraction of sp³-hybridized carbons (Fsp3) is 0.714. The molecule has 1 fully saturated rings. The van der Waals surface area contributed by atoms with E-state index in [2.05, 4.69) is 18.9 Å². The van der Waals surface area contributed by atoms with Crippen LogP contribution in [0.25, 0.3) is 0 Å². The summed E-state index contributed by atoms with van der Waals surface area (Å²) >= 11 is 0. The summed E-state index contributed by atoms with van der Waals surface area (Å²) in [7, 11) is 0. The molecule has 0 amide bonds. The topological polar surface area (TPSA) is 34.9 Å². The van der Waals surface area contributed by atoms with Crippen LogP contribution in [0.5, 0.6) is 0 Å². The Kier molecular flexibility index (Phi) is 3.65. The molecule has 1 aliphatic rings. The second-order valence-corrected chi connectivity index (χ2v) is 5.11. The third-order valence-electron chi connectivity index (χ3n) is 4.10. The molecule has 1 heterocycles. The third-order valence-corrected chi connectivity index (χ3v) is 4.10. The molecule has 0 N–H and O–H groups in total. The smallest absolute Gasteiger partial charge is 0.186 e. The number of hydrogen-bond acceptors (Lipinski definition) is 2. The average Bonchev–Trinajstić information content (AvgIpc) is 2.97. The predicted molar refractivity (Wildman–Crippen MR) is 68.0 cm³/mol. The molecular formula is C14H22N2O. The summed E-state index contributed by atoms with van der Waals surface area (Å²) in [6.45, 7) is 5.10. The van der Waals surface area contributed by atoms with Crippen molar-refractivity contribution < 1.29 is 4.79 Å². The maximum absolute atomic E-state index is 12.7. The first-order valence-electron chi connectivity index (χ1n) is 6.80. The minimum absolute atomic E-state index is 0.0917. The van der Waals surface area contributed by atoms with E-state index in [0.29, 0.717) is 5.78 Å². The van der Waals surface area contributed by atoms with E-state index in [0.717, 1.165) is 37.9 Å². The number of carbonyl (C=O) groups excluding carboxylic acids is 1. The molecule has 0 spiro atoms. The standard InChI is InChI=1S/C14H22N2O/c1-3-11-16-12(7-10-15-16)13(17)14(4-2)8-5-6-9-14/h7,10H,3-6,8-9,11H2,1-2H3. The number of carbonyl (C=O) groups is 1. The van der Waals surface area contributed by atoms with E-state index in [9.17, 15) is 4.79 Å². The molecule has 94 valence electrons. The van der Waals surface area contributed by atoms with Gasteiger partial charge in [-0.05, 0) is 31.7 Å². The zero-order valence-corrected chi connectivity index (χ0v) is 10.9. The van der Waals surface area contributed by atoms with Crippen molar-refractivity contribution in [1.82, 2.24) is 9.78 Å². The number of aromatic nitrogens is 2. The zero-order chi connectivity index (χ0) is 12.3. The van der Waals surface area contributed by atoms with Crippen LogP contribution in [0.4, 0.5) is 0 Å². The van der Waals surface area contributed by atoms with Gasteiger partial charge in [0.15, 0.2) is 5.78 Å². The highest BCUT2D eigenvalue weighted by atomic mass is 16.1. The van der Waals surface area contributed by atoms with Crippen molar-refractivity contribution in [3.63, 3.8) is 0 Å². The second-order valence-electron chi connectivity index (χ2n) is 5.11. The number of aryl methyl sites for hydroxylation is 1. The quantitative estimate of drug-likeness (QED) is 0.731. The molecule has 0 aromatic carbocycles. The van der Waals surface area contributed by atoms with Gasteiger partial charge in [0.05, 0.1) is 0 Å². The summed E-state index contributed by atoms with van der Waals surface area (Å²) < 4.78 is 1.87. The SMILES string of the molecule is CCCn1nccc1C(=O)C1(CC)CCCC1. The lowest BCUT2D eigenvalue weighted by Crippen LogP contribution is -2.29. The zero-order valence-electron chi connectivity index (χ0n) is 10.9. The fourth-order valence-electron chi connectivity index (χ4n) is 2.98. The Morgan fingerprint density at radius 2 is 2.12 bits per heavy atom. The number of hydrogen-bond donors (Lipinski definition) is 0. The minimum atomic E-state index is -0.0917. The van der Waals surface area contributed by atoms with Crippen LogP contribution in [0.3, 0.4) is 0 Å². The summed E-state index contributed by atoms with van der Waals surface area (Å²) in [4.78, 5) is 12.7. The van der Waals surface area contributed by atoms with E-state index in [1.165, 1.54) is 12.8 Å². The summed E-state index contributed by atoms with van der Waals surface area (Å²) in [6.07, 6.45) is 8.23. The highest BCUT2D eigenvalue weighted by Gasteiger charge is 2.40. The number of ketones is 1. The molecular weight excluding hydrogens is 212 g/mol. The van der Waals surface area contributed by atoms with Gasteiger partial charge in [0, 0.05) is 18.2 Å². The molecule has 0 aliphatic heterocycles. The van der Waals surface area contributed by atoms with Crippen LogP contribution < -0.4 is 0 Å². The molecule has 17 heavy (non-hydrogen) atoms. The van der Waals surface area contributed by atoms with Crippen LogP contribution in [0, 0.1) is 5.41 Å². The largest absolute Gasteiger partial charge is 0.292 e. The monoisotopic (exact) mass is 234 g/mol. The lowest BCUT2D eigenvalue weighted by Gasteiger charge is -2.25. The third kappa shape index (κ3) is 2.15. The van der Waals surface area contributed by atoms with Crippen LogP contribution in [-0.4, -0.2) is 15.6 Å². The Morgan fingerprint density at radius 1 is 1.41 bits per heavy atom. The molecule has 1 aliphatic carbocycles. The molecule has 0 bridgehead atoms. The van der Waals surface area contributed by atoms with Gasteiger partial charge in [-0.25, -0.2) is 0 Å². The summed E-state index contributed by atoms with van der Waals surface area (Å²) in [5.74, 6) is 0.323. The predicted octanol–water partition coefficient (Wildman–Crippen LogP) is 3.45. The Bertz CT molecular complexity index is 389. The van der Waals surface area contributed by atoms with Crippen molar-refractivity contribution in [3.05, 3.63) is 18.0 Å². The van der Waals surface area contributed by atoms with Gasteiger partial charge >= 0.3 is 0 Å². The van der Waals surface area contributed by atoms with Crippen molar-refractivity contribution in [1.29, 1.82) is 0 Å². The molecule has 0 unspecified atom stereocenters. The Morgan fingerprint density at radius 3 is 2.71 bits per heavy atom. The maximum Gasteiger partial charge on any atom is 0.186 e. The molecule has 3 heteroatoms. The first-order chi connectivity index (χ1) is 8.23. The summed E-state index contributed by atoms with van der Waals surface area (Å²) in [6, 6.07) is 1.88. The Balaban J connectivity index is 2.26. The van der Waals surface area contributed by atoms with Crippen molar-refractivity contribution >= 4 is 5.78 Å². The average molecular weight is 234 g/mol. The van der Waals surface area contributed by atoms with E-state index in [4.69, 9.17) is 0 Å². The fourth-order valence-corrected chi connectivity index (χ4v) is 2.98. The highest BCUT2D eigenvalue weighted by Crippen LogP contribution is 2.43.